The molecule has 0 aliphatic rings. The Bertz CT molecular complexity index is 709. The van der Waals surface area contributed by atoms with E-state index in [0.29, 0.717) is 17.0 Å². The Morgan fingerprint density at radius 3 is 2.56 bits per heavy atom. The van der Waals surface area contributed by atoms with Gasteiger partial charge in [0.1, 0.15) is 5.76 Å². The second kappa shape index (κ2) is 8.86. The molecule has 7 nitrogen and oxygen atoms in total. The number of amides is 1. The van der Waals surface area contributed by atoms with Gasteiger partial charge in [-0.3, -0.25) is 4.79 Å². The zero-order valence-corrected chi connectivity index (χ0v) is 14.7. The van der Waals surface area contributed by atoms with Crippen molar-refractivity contribution >= 4 is 23.3 Å². The maximum Gasteiger partial charge on any atom is 0.337 e. The van der Waals surface area contributed by atoms with Crippen LogP contribution in [-0.4, -0.2) is 30.2 Å². The summed E-state index contributed by atoms with van der Waals surface area (Å²) in [5, 5.41) is 9.80. The molecule has 0 unspecified atom stereocenters. The van der Waals surface area contributed by atoms with Gasteiger partial charge >= 0.3 is 5.97 Å². The maximum absolute atomic E-state index is 12.3. The molecule has 0 saturated carbocycles. The second-order valence-corrected chi connectivity index (χ2v) is 5.61. The summed E-state index contributed by atoms with van der Waals surface area (Å²) < 4.78 is 9.70. The quantitative estimate of drug-likeness (QED) is 0.713. The molecule has 0 radical (unpaired) electrons. The molecule has 2 rings (SSSR count). The minimum atomic E-state index is -0.459. The SMILES string of the molecule is CCC(CC)Nc1ccc(C(=O)OC)cc1NC(=O)Cc1ccno1. The number of nitrogens with one attached hydrogen (secondary N) is 2. The van der Waals surface area contributed by atoms with Gasteiger partial charge in [-0.1, -0.05) is 19.0 Å². The number of anilines is 2. The molecule has 25 heavy (non-hydrogen) atoms. The second-order valence-electron chi connectivity index (χ2n) is 5.61. The van der Waals surface area contributed by atoms with Gasteiger partial charge in [-0.25, -0.2) is 4.79 Å². The summed E-state index contributed by atoms with van der Waals surface area (Å²) in [6.45, 7) is 4.18. The summed E-state index contributed by atoms with van der Waals surface area (Å²) in [6, 6.07) is 6.95. The van der Waals surface area contributed by atoms with Crippen molar-refractivity contribution in [2.24, 2.45) is 0 Å². The van der Waals surface area contributed by atoms with Crippen LogP contribution < -0.4 is 10.6 Å². The molecule has 1 amide bonds. The number of carbonyl (C=O) groups is 2. The summed E-state index contributed by atoms with van der Waals surface area (Å²) in [6.07, 6.45) is 3.44. The highest BCUT2D eigenvalue weighted by Gasteiger charge is 2.15. The van der Waals surface area contributed by atoms with E-state index in [1.807, 2.05) is 0 Å². The predicted molar refractivity (Wildman–Crippen MR) is 94.6 cm³/mol. The van der Waals surface area contributed by atoms with Gasteiger partial charge in [0.05, 0.1) is 36.7 Å². The Kier molecular flexibility index (Phi) is 6.56. The molecule has 0 spiro atoms. The lowest BCUT2D eigenvalue weighted by atomic mass is 10.1. The first-order valence-electron chi connectivity index (χ1n) is 8.25. The number of ether oxygens (including phenoxy) is 1. The van der Waals surface area contributed by atoms with Crippen molar-refractivity contribution in [3.63, 3.8) is 0 Å². The van der Waals surface area contributed by atoms with Crippen LogP contribution in [0.15, 0.2) is 35.0 Å². The minimum absolute atomic E-state index is 0.0624. The average molecular weight is 345 g/mol. The van der Waals surface area contributed by atoms with E-state index in [-0.39, 0.29) is 18.4 Å². The van der Waals surface area contributed by atoms with E-state index >= 15 is 0 Å². The van der Waals surface area contributed by atoms with Crippen LogP contribution in [0.5, 0.6) is 0 Å². The Balaban J connectivity index is 2.23. The first kappa shape index (κ1) is 18.5. The summed E-state index contributed by atoms with van der Waals surface area (Å²) in [5.41, 5.74) is 1.65. The number of esters is 1. The molecule has 0 atom stereocenters. The lowest BCUT2D eigenvalue weighted by Crippen LogP contribution is -2.20. The molecule has 7 heteroatoms. The van der Waals surface area contributed by atoms with E-state index in [4.69, 9.17) is 9.26 Å². The van der Waals surface area contributed by atoms with Crippen molar-refractivity contribution < 1.29 is 18.8 Å². The molecule has 1 heterocycles. The van der Waals surface area contributed by atoms with Crippen molar-refractivity contribution in [3.05, 3.63) is 41.8 Å². The highest BCUT2D eigenvalue weighted by atomic mass is 16.5. The standard InChI is InChI=1S/C18H23N3O4/c1-4-13(5-2)20-15-7-6-12(18(23)24-3)10-16(15)21-17(22)11-14-8-9-19-25-14/h6-10,13,20H,4-5,11H2,1-3H3,(H,21,22). The van der Waals surface area contributed by atoms with Gasteiger partial charge in [0.25, 0.3) is 0 Å². The summed E-state index contributed by atoms with van der Waals surface area (Å²) >= 11 is 0. The first-order valence-corrected chi connectivity index (χ1v) is 8.25. The highest BCUT2D eigenvalue weighted by molar-refractivity contribution is 5.98. The molecule has 0 aliphatic heterocycles. The predicted octanol–water partition coefficient (Wildman–Crippen LogP) is 3.24. The number of benzene rings is 1. The van der Waals surface area contributed by atoms with E-state index in [1.165, 1.54) is 13.3 Å². The van der Waals surface area contributed by atoms with Crippen molar-refractivity contribution in [1.29, 1.82) is 0 Å². The molecule has 0 fully saturated rings. The van der Waals surface area contributed by atoms with Crippen LogP contribution in [0.25, 0.3) is 0 Å². The maximum atomic E-state index is 12.3. The molecule has 2 aromatic rings. The minimum Gasteiger partial charge on any atom is -0.465 e. The summed E-state index contributed by atoms with van der Waals surface area (Å²) in [4.78, 5) is 24.0. The van der Waals surface area contributed by atoms with Crippen LogP contribution in [0, 0.1) is 0 Å². The van der Waals surface area contributed by atoms with Crippen LogP contribution in [0.1, 0.15) is 42.8 Å². The molecule has 134 valence electrons. The van der Waals surface area contributed by atoms with Crippen LogP contribution in [0.3, 0.4) is 0 Å². The monoisotopic (exact) mass is 345 g/mol. The molecular weight excluding hydrogens is 322 g/mol. The number of hydrogen-bond donors (Lipinski definition) is 2. The Hall–Kier alpha value is -2.83. The van der Waals surface area contributed by atoms with Gasteiger partial charge in [-0.2, -0.15) is 0 Å². The normalized spacial score (nSPS) is 10.6. The fraction of sp³-hybridized carbons (Fsp3) is 0.389. The summed E-state index contributed by atoms with van der Waals surface area (Å²) in [7, 11) is 1.32. The molecule has 0 saturated heterocycles. The third kappa shape index (κ3) is 5.07. The molecule has 1 aromatic heterocycles. The third-order valence-corrected chi connectivity index (χ3v) is 3.89. The fourth-order valence-corrected chi connectivity index (χ4v) is 2.42. The van der Waals surface area contributed by atoms with E-state index in [0.717, 1.165) is 18.5 Å². The van der Waals surface area contributed by atoms with Gasteiger partial charge < -0.3 is 19.9 Å². The Morgan fingerprint density at radius 2 is 1.96 bits per heavy atom. The smallest absolute Gasteiger partial charge is 0.337 e. The molecular formula is C18H23N3O4. The van der Waals surface area contributed by atoms with Gasteiger partial charge in [-0.05, 0) is 31.0 Å². The fourth-order valence-electron chi connectivity index (χ4n) is 2.42. The number of hydrogen-bond acceptors (Lipinski definition) is 6. The first-order chi connectivity index (χ1) is 12.1. The van der Waals surface area contributed by atoms with Crippen LogP contribution >= 0.6 is 0 Å². The van der Waals surface area contributed by atoms with Crippen molar-refractivity contribution in [3.8, 4) is 0 Å². The molecule has 0 bridgehead atoms. The van der Waals surface area contributed by atoms with Gasteiger partial charge in [-0.15, -0.1) is 0 Å². The lowest BCUT2D eigenvalue weighted by Gasteiger charge is -2.20. The van der Waals surface area contributed by atoms with Crippen molar-refractivity contribution in [2.45, 2.75) is 39.2 Å². The van der Waals surface area contributed by atoms with Crippen molar-refractivity contribution in [2.75, 3.05) is 17.7 Å². The largest absolute Gasteiger partial charge is 0.465 e. The van der Waals surface area contributed by atoms with Crippen molar-refractivity contribution in [1.82, 2.24) is 5.16 Å². The number of rotatable bonds is 8. The highest BCUT2D eigenvalue weighted by Crippen LogP contribution is 2.26. The van der Waals surface area contributed by atoms with E-state index in [9.17, 15) is 9.59 Å². The summed E-state index contributed by atoms with van der Waals surface area (Å²) in [5.74, 6) is -0.248. The van der Waals surface area contributed by atoms with Gasteiger partial charge in [0.2, 0.25) is 5.91 Å². The molecule has 2 N–H and O–H groups in total. The number of nitrogens with zero attached hydrogens (tertiary/aromatic N) is 1. The van der Waals surface area contributed by atoms with E-state index in [2.05, 4.69) is 29.6 Å². The average Bonchev–Trinajstić information content (AvgIpc) is 3.12. The zero-order chi connectivity index (χ0) is 18.2. The van der Waals surface area contributed by atoms with Crippen LogP contribution in [0.4, 0.5) is 11.4 Å². The topological polar surface area (TPSA) is 93.5 Å². The number of carbonyl (C=O) groups excluding carboxylic acids is 2. The third-order valence-electron chi connectivity index (χ3n) is 3.89. The Morgan fingerprint density at radius 1 is 1.20 bits per heavy atom. The molecule has 1 aromatic carbocycles. The van der Waals surface area contributed by atoms with E-state index in [1.54, 1.807) is 24.3 Å². The lowest BCUT2D eigenvalue weighted by molar-refractivity contribution is -0.115. The molecule has 0 aliphatic carbocycles. The van der Waals surface area contributed by atoms with Gasteiger partial charge in [0.15, 0.2) is 0 Å². The van der Waals surface area contributed by atoms with E-state index < -0.39 is 5.97 Å². The zero-order valence-electron chi connectivity index (χ0n) is 14.7. The number of aromatic nitrogens is 1. The van der Waals surface area contributed by atoms with Crippen LogP contribution in [0.2, 0.25) is 0 Å². The van der Waals surface area contributed by atoms with Gasteiger partial charge in [0, 0.05) is 12.1 Å². The number of methoxy groups -OCH3 is 1. The van der Waals surface area contributed by atoms with Crippen LogP contribution in [-0.2, 0) is 16.0 Å². The Labute approximate surface area is 146 Å².